The minimum Gasteiger partial charge on any atom is -0.316 e. The Balaban J connectivity index is 2.07. The molecule has 1 unspecified atom stereocenters. The molecule has 0 radical (unpaired) electrons. The Morgan fingerprint density at radius 3 is 2.53 bits per heavy atom. The molecule has 2 aromatic carbocycles. The summed E-state index contributed by atoms with van der Waals surface area (Å²) < 4.78 is 13.2. The van der Waals surface area contributed by atoms with Gasteiger partial charge in [-0.2, -0.15) is 0 Å². The molecule has 1 atom stereocenters. The lowest BCUT2D eigenvalue weighted by molar-refractivity contribution is 0.552. The molecule has 0 fully saturated rings. The summed E-state index contributed by atoms with van der Waals surface area (Å²) in [5, 5.41) is 3.32. The normalized spacial score (nSPS) is 12.4. The van der Waals surface area contributed by atoms with E-state index in [4.69, 9.17) is 0 Å². The molecule has 1 N–H and O–H groups in total. The van der Waals surface area contributed by atoms with E-state index in [1.165, 1.54) is 17.2 Å². The van der Waals surface area contributed by atoms with E-state index in [2.05, 4.69) is 36.5 Å². The van der Waals surface area contributed by atoms with E-state index >= 15 is 0 Å². The van der Waals surface area contributed by atoms with Crippen LogP contribution in [0.5, 0.6) is 0 Å². The van der Waals surface area contributed by atoms with Crippen molar-refractivity contribution >= 4 is 0 Å². The first-order valence-electron chi connectivity index (χ1n) is 6.65. The second-order valence-corrected chi connectivity index (χ2v) is 4.95. The van der Waals surface area contributed by atoms with Gasteiger partial charge in [0.25, 0.3) is 0 Å². The Morgan fingerprint density at radius 2 is 1.84 bits per heavy atom. The summed E-state index contributed by atoms with van der Waals surface area (Å²) in [6.07, 6.45) is 1.79. The summed E-state index contributed by atoms with van der Waals surface area (Å²) in [6, 6.07) is 15.6. The molecule has 0 heterocycles. The molecule has 0 saturated heterocycles. The van der Waals surface area contributed by atoms with E-state index in [0.717, 1.165) is 18.4 Å². The van der Waals surface area contributed by atoms with Gasteiger partial charge in [0.05, 0.1) is 0 Å². The quantitative estimate of drug-likeness (QED) is 0.864. The molecule has 2 heteroatoms. The molecule has 0 spiro atoms. The third-order valence-electron chi connectivity index (χ3n) is 3.51. The molecule has 2 aromatic rings. The smallest absolute Gasteiger partial charge is 0.123 e. The Morgan fingerprint density at radius 1 is 1.05 bits per heavy atom. The number of rotatable bonds is 5. The number of halogens is 1. The zero-order valence-corrected chi connectivity index (χ0v) is 11.5. The molecule has 0 saturated carbocycles. The van der Waals surface area contributed by atoms with Crippen molar-refractivity contribution in [2.24, 2.45) is 0 Å². The van der Waals surface area contributed by atoms with E-state index in [9.17, 15) is 4.39 Å². The first-order chi connectivity index (χ1) is 9.19. The highest BCUT2D eigenvalue weighted by Crippen LogP contribution is 2.13. The largest absolute Gasteiger partial charge is 0.316 e. The number of aryl methyl sites for hydroxylation is 1. The van der Waals surface area contributed by atoms with Crippen LogP contribution in [-0.2, 0) is 12.8 Å². The average Bonchev–Trinajstić information content (AvgIpc) is 2.40. The molecule has 100 valence electrons. The highest BCUT2D eigenvalue weighted by atomic mass is 19.1. The molecule has 0 bridgehead atoms. The Kier molecular flexibility index (Phi) is 4.69. The van der Waals surface area contributed by atoms with E-state index in [-0.39, 0.29) is 5.82 Å². The minimum absolute atomic E-state index is 0.164. The average molecular weight is 257 g/mol. The lowest BCUT2D eigenvalue weighted by Gasteiger charge is -2.17. The van der Waals surface area contributed by atoms with Crippen LogP contribution in [0.25, 0.3) is 0 Å². The van der Waals surface area contributed by atoms with Crippen molar-refractivity contribution in [2.45, 2.75) is 25.8 Å². The summed E-state index contributed by atoms with van der Waals surface area (Å²) in [7, 11) is 1.96. The van der Waals surface area contributed by atoms with E-state index < -0.39 is 0 Å². The summed E-state index contributed by atoms with van der Waals surface area (Å²) >= 11 is 0. The third kappa shape index (κ3) is 3.90. The van der Waals surface area contributed by atoms with Crippen LogP contribution in [-0.4, -0.2) is 13.1 Å². The van der Waals surface area contributed by atoms with Crippen LogP contribution in [0.2, 0.25) is 0 Å². The SMILES string of the molecule is CNC(Cc1cccc(F)c1)Cc1ccccc1C. The van der Waals surface area contributed by atoms with Gasteiger partial charge in [0.2, 0.25) is 0 Å². The van der Waals surface area contributed by atoms with Gasteiger partial charge >= 0.3 is 0 Å². The van der Waals surface area contributed by atoms with Gasteiger partial charge in [-0.3, -0.25) is 0 Å². The van der Waals surface area contributed by atoms with E-state index in [1.54, 1.807) is 12.1 Å². The monoisotopic (exact) mass is 257 g/mol. The van der Waals surface area contributed by atoms with Gasteiger partial charge in [0.1, 0.15) is 5.82 Å². The maximum absolute atomic E-state index is 13.2. The fraction of sp³-hybridized carbons (Fsp3) is 0.294. The topological polar surface area (TPSA) is 12.0 Å². The van der Waals surface area contributed by atoms with Gasteiger partial charge in [0.15, 0.2) is 0 Å². The first kappa shape index (κ1) is 13.8. The first-order valence-corrected chi connectivity index (χ1v) is 6.65. The van der Waals surface area contributed by atoms with Gasteiger partial charge in [-0.05, 0) is 55.6 Å². The lowest BCUT2D eigenvalue weighted by Crippen LogP contribution is -2.30. The predicted molar refractivity (Wildman–Crippen MR) is 77.8 cm³/mol. The molecule has 0 amide bonds. The summed E-state index contributed by atoms with van der Waals surface area (Å²) in [5.41, 5.74) is 3.69. The standard InChI is InChI=1S/C17H20FN/c1-13-6-3-4-8-15(13)12-17(19-2)11-14-7-5-9-16(18)10-14/h3-10,17,19H,11-12H2,1-2H3. The van der Waals surface area contributed by atoms with Crippen molar-refractivity contribution in [3.63, 3.8) is 0 Å². The molecule has 2 rings (SSSR count). The van der Waals surface area contributed by atoms with Crippen molar-refractivity contribution < 1.29 is 4.39 Å². The molecular weight excluding hydrogens is 237 g/mol. The number of likely N-dealkylation sites (N-methyl/N-ethyl adjacent to an activating group) is 1. The molecule has 0 aliphatic carbocycles. The van der Waals surface area contributed by atoms with Crippen LogP contribution in [0.3, 0.4) is 0 Å². The fourth-order valence-corrected chi connectivity index (χ4v) is 2.33. The summed E-state index contributed by atoms with van der Waals surface area (Å²) in [6.45, 7) is 2.13. The van der Waals surface area contributed by atoms with Crippen LogP contribution in [0.1, 0.15) is 16.7 Å². The van der Waals surface area contributed by atoms with Gasteiger partial charge in [0, 0.05) is 6.04 Å². The van der Waals surface area contributed by atoms with Crippen LogP contribution < -0.4 is 5.32 Å². The van der Waals surface area contributed by atoms with Crippen LogP contribution >= 0.6 is 0 Å². The molecule has 0 aliphatic rings. The van der Waals surface area contributed by atoms with Crippen LogP contribution in [0.15, 0.2) is 48.5 Å². The van der Waals surface area contributed by atoms with Gasteiger partial charge in [-0.15, -0.1) is 0 Å². The fourth-order valence-electron chi connectivity index (χ4n) is 2.33. The Labute approximate surface area is 114 Å². The molecule has 1 nitrogen and oxygen atoms in total. The molecule has 0 aromatic heterocycles. The highest BCUT2D eigenvalue weighted by Gasteiger charge is 2.10. The Bertz CT molecular complexity index is 536. The van der Waals surface area contributed by atoms with Crippen molar-refractivity contribution in [3.8, 4) is 0 Å². The number of benzene rings is 2. The van der Waals surface area contributed by atoms with Gasteiger partial charge in [-0.1, -0.05) is 36.4 Å². The van der Waals surface area contributed by atoms with Crippen LogP contribution in [0.4, 0.5) is 4.39 Å². The summed E-state index contributed by atoms with van der Waals surface area (Å²) in [4.78, 5) is 0. The Hall–Kier alpha value is -1.67. The highest BCUT2D eigenvalue weighted by molar-refractivity contribution is 5.27. The lowest BCUT2D eigenvalue weighted by atomic mass is 9.96. The zero-order valence-electron chi connectivity index (χ0n) is 11.5. The maximum Gasteiger partial charge on any atom is 0.123 e. The van der Waals surface area contributed by atoms with Gasteiger partial charge < -0.3 is 5.32 Å². The second kappa shape index (κ2) is 6.48. The van der Waals surface area contributed by atoms with Gasteiger partial charge in [-0.25, -0.2) is 4.39 Å². The molecule has 0 aliphatic heterocycles. The number of nitrogens with one attached hydrogen (secondary N) is 1. The zero-order chi connectivity index (χ0) is 13.7. The second-order valence-electron chi connectivity index (χ2n) is 4.95. The van der Waals surface area contributed by atoms with Crippen molar-refractivity contribution in [1.29, 1.82) is 0 Å². The molecular formula is C17H20FN. The minimum atomic E-state index is -0.164. The van der Waals surface area contributed by atoms with Crippen molar-refractivity contribution in [1.82, 2.24) is 5.32 Å². The van der Waals surface area contributed by atoms with E-state index in [0.29, 0.717) is 6.04 Å². The van der Waals surface area contributed by atoms with Crippen molar-refractivity contribution in [3.05, 3.63) is 71.0 Å². The van der Waals surface area contributed by atoms with Crippen molar-refractivity contribution in [2.75, 3.05) is 7.05 Å². The van der Waals surface area contributed by atoms with Crippen LogP contribution in [0, 0.1) is 12.7 Å². The third-order valence-corrected chi connectivity index (χ3v) is 3.51. The maximum atomic E-state index is 13.2. The predicted octanol–water partition coefficient (Wildman–Crippen LogP) is 3.51. The number of hydrogen-bond donors (Lipinski definition) is 1. The summed E-state index contributed by atoms with van der Waals surface area (Å²) in [5.74, 6) is -0.164. The number of hydrogen-bond acceptors (Lipinski definition) is 1. The molecule has 19 heavy (non-hydrogen) atoms. The van der Waals surface area contributed by atoms with E-state index in [1.807, 2.05) is 13.1 Å².